The number of rotatable bonds is 3. The summed E-state index contributed by atoms with van der Waals surface area (Å²) in [4.78, 5) is 29.1. The molecule has 1 aromatic rings. The van der Waals surface area contributed by atoms with Crippen LogP contribution in [0.3, 0.4) is 0 Å². The fourth-order valence-electron chi connectivity index (χ4n) is 2.59. The second-order valence-corrected chi connectivity index (χ2v) is 5.52. The summed E-state index contributed by atoms with van der Waals surface area (Å²) in [6, 6.07) is 6.32. The number of amidine groups is 1. The van der Waals surface area contributed by atoms with Crippen molar-refractivity contribution in [3.05, 3.63) is 35.4 Å². The Morgan fingerprint density at radius 1 is 1.33 bits per heavy atom. The van der Waals surface area contributed by atoms with Gasteiger partial charge in [0.25, 0.3) is 0 Å². The molecule has 112 valence electrons. The third-order valence-electron chi connectivity index (χ3n) is 4.13. The number of hydrogen-bond donors (Lipinski definition) is 1. The van der Waals surface area contributed by atoms with Crippen molar-refractivity contribution >= 4 is 17.8 Å². The summed E-state index contributed by atoms with van der Waals surface area (Å²) in [5, 5.41) is 9.15. The van der Waals surface area contributed by atoms with E-state index in [4.69, 9.17) is 9.94 Å². The third kappa shape index (κ3) is 2.67. The number of hydroxylamine groups is 3. The number of hydrogen-bond acceptors (Lipinski definition) is 3. The highest BCUT2D eigenvalue weighted by molar-refractivity contribution is 6.02. The van der Waals surface area contributed by atoms with Gasteiger partial charge in [-0.1, -0.05) is 12.1 Å². The Labute approximate surface area is 123 Å². The van der Waals surface area contributed by atoms with E-state index < -0.39 is 11.9 Å². The topological polar surface area (TPSA) is 66.6 Å². The third-order valence-corrected chi connectivity index (χ3v) is 4.13. The lowest BCUT2D eigenvalue weighted by Gasteiger charge is -2.21. The molecule has 2 rings (SSSR count). The van der Waals surface area contributed by atoms with Gasteiger partial charge in [-0.15, -0.1) is 0 Å². The van der Waals surface area contributed by atoms with E-state index in [1.807, 2.05) is 20.9 Å². The van der Waals surface area contributed by atoms with Gasteiger partial charge < -0.3 is 5.11 Å². The molecule has 1 aliphatic rings. The Hall–Kier alpha value is -2.21. The van der Waals surface area contributed by atoms with Gasteiger partial charge >= 0.3 is 17.8 Å². The zero-order valence-corrected chi connectivity index (χ0v) is 12.7. The molecule has 0 fully saturated rings. The number of quaternary nitrogens is 1. The van der Waals surface area contributed by atoms with Crippen LogP contribution in [0.25, 0.3) is 0 Å². The lowest BCUT2D eigenvalue weighted by atomic mass is 10.1. The average molecular weight is 292 g/mol. The molecule has 0 spiro atoms. The van der Waals surface area contributed by atoms with Crippen LogP contribution in [-0.4, -0.2) is 58.8 Å². The Bertz CT molecular complexity index is 638. The van der Waals surface area contributed by atoms with Gasteiger partial charge in [-0.3, -0.25) is 4.84 Å². The standard InChI is InChI=1S/C15H19N2O4/c1-10-9-17(4,11(2)16(10)3)21-15(20)13-8-6-5-7-12(13)14(18)19/h5-8,10H,9H2,1-4H3/q+1/p+1. The van der Waals surface area contributed by atoms with Gasteiger partial charge in [-0.2, -0.15) is 4.58 Å². The molecule has 6 heteroatoms. The van der Waals surface area contributed by atoms with Gasteiger partial charge in [0.15, 0.2) is 6.54 Å². The zero-order chi connectivity index (χ0) is 15.8. The van der Waals surface area contributed by atoms with Crippen molar-refractivity contribution in [1.29, 1.82) is 0 Å². The van der Waals surface area contributed by atoms with E-state index in [0.717, 1.165) is 5.84 Å². The van der Waals surface area contributed by atoms with Crippen LogP contribution >= 0.6 is 0 Å². The maximum absolute atomic E-state index is 12.4. The highest BCUT2D eigenvalue weighted by Crippen LogP contribution is 2.20. The number of nitrogens with zero attached hydrogens (tertiary/aromatic N) is 2. The first-order valence-electron chi connectivity index (χ1n) is 6.75. The highest BCUT2D eigenvalue weighted by Gasteiger charge is 2.49. The molecule has 0 saturated heterocycles. The highest BCUT2D eigenvalue weighted by atomic mass is 16.7. The quantitative estimate of drug-likeness (QED) is 0.675. The van der Waals surface area contributed by atoms with Gasteiger partial charge in [0.05, 0.1) is 18.1 Å². The average Bonchev–Trinajstić information content (AvgIpc) is 2.62. The molecule has 1 aromatic carbocycles. The molecule has 0 aliphatic carbocycles. The van der Waals surface area contributed by atoms with Crippen molar-refractivity contribution in [2.45, 2.75) is 19.9 Å². The summed E-state index contributed by atoms with van der Waals surface area (Å²) in [5.41, 5.74) is 0.0201. The lowest BCUT2D eigenvalue weighted by molar-refractivity contribution is -0.999. The summed E-state index contributed by atoms with van der Waals surface area (Å²) in [5.74, 6) is -0.862. The summed E-state index contributed by atoms with van der Waals surface area (Å²) in [6.45, 7) is 4.58. The molecular formula is C15H20N2O4+2. The van der Waals surface area contributed by atoms with Crippen molar-refractivity contribution in [2.24, 2.45) is 0 Å². The number of carbonyl (C=O) groups is 2. The number of likely N-dealkylation sites (N-methyl/N-ethyl adjacent to an activating group) is 2. The molecule has 0 radical (unpaired) electrons. The Morgan fingerprint density at radius 3 is 2.38 bits per heavy atom. The largest absolute Gasteiger partial charge is 0.478 e. The van der Waals surface area contributed by atoms with Gasteiger partial charge in [0.2, 0.25) is 6.04 Å². The molecule has 6 nitrogen and oxygen atoms in total. The maximum atomic E-state index is 12.4. The normalized spacial score (nSPS) is 25.0. The summed E-state index contributed by atoms with van der Waals surface area (Å²) in [6.07, 6.45) is 0. The van der Waals surface area contributed by atoms with Gasteiger partial charge in [-0.05, 0) is 16.8 Å². The van der Waals surface area contributed by atoms with Crippen LogP contribution in [-0.2, 0) is 4.84 Å². The molecule has 2 unspecified atom stereocenters. The molecule has 1 N–H and O–H groups in total. The summed E-state index contributed by atoms with van der Waals surface area (Å²) >= 11 is 0. The Balaban J connectivity index is 2.30. The molecule has 1 heterocycles. The zero-order valence-electron chi connectivity index (χ0n) is 12.7. The predicted octanol–water partition coefficient (Wildman–Crippen LogP) is 1.37. The number of carboxylic acids is 1. The van der Waals surface area contributed by atoms with Crippen molar-refractivity contribution in [3.8, 4) is 0 Å². The van der Waals surface area contributed by atoms with Crippen LogP contribution in [0.4, 0.5) is 0 Å². The lowest BCUT2D eigenvalue weighted by Crippen LogP contribution is -2.48. The first kappa shape index (κ1) is 15.2. The van der Waals surface area contributed by atoms with Crippen LogP contribution in [0.2, 0.25) is 0 Å². The summed E-state index contributed by atoms with van der Waals surface area (Å²) in [7, 11) is 3.75. The van der Waals surface area contributed by atoms with Crippen LogP contribution < -0.4 is 0 Å². The number of aromatic carboxylic acids is 1. The fourth-order valence-corrected chi connectivity index (χ4v) is 2.59. The van der Waals surface area contributed by atoms with Crippen molar-refractivity contribution in [1.82, 2.24) is 0 Å². The van der Waals surface area contributed by atoms with Gasteiger partial charge in [-0.25, -0.2) is 9.59 Å². The minimum absolute atomic E-state index is 0.0322. The fraction of sp³-hybridized carbons (Fsp3) is 0.400. The summed E-state index contributed by atoms with van der Waals surface area (Å²) < 4.78 is 2.08. The predicted molar refractivity (Wildman–Crippen MR) is 76.2 cm³/mol. The maximum Gasteiger partial charge on any atom is 0.399 e. The second kappa shape index (κ2) is 5.29. The van der Waals surface area contributed by atoms with E-state index in [1.54, 1.807) is 19.2 Å². The Morgan fingerprint density at radius 2 is 1.90 bits per heavy atom. The second-order valence-electron chi connectivity index (χ2n) is 5.52. The number of carboxylic acid groups (broad SMARTS) is 1. The molecule has 0 bridgehead atoms. The van der Waals surface area contributed by atoms with E-state index >= 15 is 0 Å². The molecule has 0 saturated carbocycles. The number of carbonyl (C=O) groups excluding carboxylic acids is 1. The smallest absolute Gasteiger partial charge is 0.399 e. The monoisotopic (exact) mass is 292 g/mol. The molecule has 2 atom stereocenters. The minimum Gasteiger partial charge on any atom is -0.478 e. The van der Waals surface area contributed by atoms with E-state index in [0.29, 0.717) is 6.54 Å². The minimum atomic E-state index is -1.14. The van der Waals surface area contributed by atoms with E-state index in [9.17, 15) is 9.59 Å². The number of benzene rings is 1. The molecule has 21 heavy (non-hydrogen) atoms. The van der Waals surface area contributed by atoms with Crippen molar-refractivity contribution < 1.29 is 28.8 Å². The molecule has 0 amide bonds. The SMILES string of the molecule is CC1=[N+](C)C(C)C[N+]1(C)OC(=O)c1ccccc1C(=O)O. The van der Waals surface area contributed by atoms with Crippen LogP contribution in [0.5, 0.6) is 0 Å². The van der Waals surface area contributed by atoms with Gasteiger partial charge in [0.1, 0.15) is 14.1 Å². The van der Waals surface area contributed by atoms with Crippen LogP contribution in [0, 0.1) is 0 Å². The molecule has 0 aromatic heterocycles. The van der Waals surface area contributed by atoms with E-state index in [-0.39, 0.29) is 21.8 Å². The molecule has 1 aliphatic heterocycles. The van der Waals surface area contributed by atoms with Crippen molar-refractivity contribution in [2.75, 3.05) is 20.6 Å². The van der Waals surface area contributed by atoms with Gasteiger partial charge in [0, 0.05) is 6.92 Å². The molecular weight excluding hydrogens is 272 g/mol. The van der Waals surface area contributed by atoms with Crippen LogP contribution in [0.15, 0.2) is 24.3 Å². The van der Waals surface area contributed by atoms with E-state index in [2.05, 4.69) is 4.58 Å². The van der Waals surface area contributed by atoms with Crippen LogP contribution in [0.1, 0.15) is 34.6 Å². The van der Waals surface area contributed by atoms with E-state index in [1.165, 1.54) is 12.1 Å². The first-order valence-corrected chi connectivity index (χ1v) is 6.75. The first-order chi connectivity index (χ1) is 9.76. The van der Waals surface area contributed by atoms with Crippen molar-refractivity contribution in [3.63, 3.8) is 0 Å². The Kier molecular flexibility index (Phi) is 3.82.